The van der Waals surface area contributed by atoms with Crippen LogP contribution in [0.5, 0.6) is 0 Å². The minimum Gasteiger partial charge on any atom is -0.383 e. The number of carbonyl (C=O) groups is 1. The lowest BCUT2D eigenvalue weighted by molar-refractivity contribution is -0.117. The molecule has 0 unspecified atom stereocenters. The largest absolute Gasteiger partial charge is 0.383 e. The highest BCUT2D eigenvalue weighted by atomic mass is 16.5. The van der Waals surface area contributed by atoms with Crippen molar-refractivity contribution in [1.29, 1.82) is 5.26 Å². The molecule has 5 heteroatoms. The number of aryl methyl sites for hydroxylation is 1. The Bertz CT molecular complexity index is 501. The van der Waals surface area contributed by atoms with E-state index >= 15 is 0 Å². The topological polar surface area (TPSA) is 74.2 Å². The van der Waals surface area contributed by atoms with Crippen LogP contribution in [0.4, 0.5) is 5.69 Å². The normalized spacial score (nSPS) is 10.8. The first-order valence-corrected chi connectivity index (χ1v) is 6.44. The molecule has 0 aliphatic carbocycles. The Morgan fingerprint density at radius 2 is 2.10 bits per heavy atom. The molecule has 0 spiro atoms. The number of amides is 1. The number of nitriles is 1. The van der Waals surface area contributed by atoms with E-state index in [2.05, 4.69) is 17.6 Å². The van der Waals surface area contributed by atoms with Crippen LogP contribution in [-0.2, 0) is 16.0 Å². The summed E-state index contributed by atoms with van der Waals surface area (Å²) in [5, 5.41) is 14.5. The quantitative estimate of drug-likeness (QED) is 0.451. The second-order valence-electron chi connectivity index (χ2n) is 4.11. The highest BCUT2D eigenvalue weighted by Gasteiger charge is 2.07. The van der Waals surface area contributed by atoms with Crippen LogP contribution in [-0.4, -0.2) is 26.2 Å². The number of hydrogen-bond donors (Lipinski definition) is 2. The zero-order valence-electron chi connectivity index (χ0n) is 11.8. The van der Waals surface area contributed by atoms with Crippen molar-refractivity contribution in [2.45, 2.75) is 13.3 Å². The van der Waals surface area contributed by atoms with Crippen molar-refractivity contribution in [1.82, 2.24) is 5.32 Å². The third-order valence-electron chi connectivity index (χ3n) is 2.70. The molecule has 0 saturated heterocycles. The molecule has 0 radical (unpaired) electrons. The van der Waals surface area contributed by atoms with E-state index in [4.69, 9.17) is 10.00 Å². The zero-order valence-corrected chi connectivity index (χ0v) is 11.8. The molecule has 1 aromatic carbocycles. The Kier molecular flexibility index (Phi) is 6.87. The third-order valence-corrected chi connectivity index (χ3v) is 2.70. The van der Waals surface area contributed by atoms with Crippen LogP contribution in [0, 0.1) is 11.3 Å². The molecule has 0 saturated carbocycles. The summed E-state index contributed by atoms with van der Waals surface area (Å²) in [6.45, 7) is 2.87. The molecule has 0 aliphatic rings. The minimum atomic E-state index is -0.415. The maximum Gasteiger partial charge on any atom is 0.263 e. The molecule has 0 heterocycles. The molecule has 0 aliphatic heterocycles. The van der Waals surface area contributed by atoms with Gasteiger partial charge in [-0.25, -0.2) is 0 Å². The van der Waals surface area contributed by atoms with Crippen molar-refractivity contribution in [3.8, 4) is 6.07 Å². The fourth-order valence-corrected chi connectivity index (χ4v) is 1.50. The van der Waals surface area contributed by atoms with Crippen molar-refractivity contribution in [2.24, 2.45) is 0 Å². The fraction of sp³-hybridized carbons (Fsp3) is 0.333. The van der Waals surface area contributed by atoms with Gasteiger partial charge in [0.1, 0.15) is 11.6 Å². The van der Waals surface area contributed by atoms with Gasteiger partial charge in [0.15, 0.2) is 0 Å². The van der Waals surface area contributed by atoms with Gasteiger partial charge >= 0.3 is 0 Å². The highest BCUT2D eigenvalue weighted by molar-refractivity contribution is 5.97. The van der Waals surface area contributed by atoms with Gasteiger partial charge in [0.05, 0.1) is 6.61 Å². The van der Waals surface area contributed by atoms with Crippen LogP contribution in [0.25, 0.3) is 0 Å². The second kappa shape index (κ2) is 8.73. The summed E-state index contributed by atoms with van der Waals surface area (Å²) in [7, 11) is 1.55. The summed E-state index contributed by atoms with van der Waals surface area (Å²) in [5.41, 5.74) is 2.10. The summed E-state index contributed by atoms with van der Waals surface area (Å²) < 4.78 is 4.82. The number of ether oxygens (including phenoxy) is 1. The van der Waals surface area contributed by atoms with Crippen LogP contribution >= 0.6 is 0 Å². The third kappa shape index (κ3) is 5.12. The van der Waals surface area contributed by atoms with E-state index in [0.717, 1.165) is 12.1 Å². The second-order valence-corrected chi connectivity index (χ2v) is 4.11. The summed E-state index contributed by atoms with van der Waals surface area (Å²) in [4.78, 5) is 11.7. The number of rotatable bonds is 7. The summed E-state index contributed by atoms with van der Waals surface area (Å²) in [5.74, 6) is -0.415. The molecule has 0 bridgehead atoms. The molecule has 2 N–H and O–H groups in total. The van der Waals surface area contributed by atoms with Crippen LogP contribution in [0.2, 0.25) is 0 Å². The van der Waals surface area contributed by atoms with Gasteiger partial charge in [-0.2, -0.15) is 5.26 Å². The number of nitrogens with zero attached hydrogens (tertiary/aromatic N) is 1. The Labute approximate surface area is 119 Å². The maximum absolute atomic E-state index is 11.7. The van der Waals surface area contributed by atoms with Gasteiger partial charge in [-0.15, -0.1) is 0 Å². The number of benzene rings is 1. The Balaban J connectivity index is 2.60. The lowest BCUT2D eigenvalue weighted by atomic mass is 10.1. The van der Waals surface area contributed by atoms with Crippen LogP contribution in [0.1, 0.15) is 12.5 Å². The number of anilines is 1. The molecule has 106 valence electrons. The van der Waals surface area contributed by atoms with E-state index in [1.165, 1.54) is 11.8 Å². The summed E-state index contributed by atoms with van der Waals surface area (Å²) in [6, 6.07) is 9.69. The van der Waals surface area contributed by atoms with Gasteiger partial charge in [-0.05, 0) is 24.1 Å². The van der Waals surface area contributed by atoms with Crippen LogP contribution < -0.4 is 10.6 Å². The molecule has 0 atom stereocenters. The first-order chi connectivity index (χ1) is 9.71. The first-order valence-electron chi connectivity index (χ1n) is 6.44. The van der Waals surface area contributed by atoms with Crippen molar-refractivity contribution < 1.29 is 9.53 Å². The molecule has 0 fully saturated rings. The Hall–Kier alpha value is -2.32. The average molecular weight is 273 g/mol. The van der Waals surface area contributed by atoms with Crippen molar-refractivity contribution >= 4 is 11.6 Å². The Morgan fingerprint density at radius 3 is 2.65 bits per heavy atom. The van der Waals surface area contributed by atoms with Gasteiger partial charge < -0.3 is 15.4 Å². The molecule has 1 amide bonds. The van der Waals surface area contributed by atoms with Crippen LogP contribution in [0.15, 0.2) is 36.0 Å². The predicted molar refractivity (Wildman–Crippen MR) is 78.0 cm³/mol. The van der Waals surface area contributed by atoms with Gasteiger partial charge in [0, 0.05) is 25.5 Å². The minimum absolute atomic E-state index is 0.0284. The average Bonchev–Trinajstić information content (AvgIpc) is 2.49. The van der Waals surface area contributed by atoms with E-state index in [9.17, 15) is 4.79 Å². The Morgan fingerprint density at radius 1 is 1.40 bits per heavy atom. The van der Waals surface area contributed by atoms with Crippen molar-refractivity contribution in [3.05, 3.63) is 41.6 Å². The van der Waals surface area contributed by atoms with E-state index in [1.54, 1.807) is 7.11 Å². The molecule has 1 aromatic rings. The number of nitrogens with one attached hydrogen (secondary N) is 2. The van der Waals surface area contributed by atoms with E-state index in [1.807, 2.05) is 30.3 Å². The molecular weight excluding hydrogens is 254 g/mol. The first kappa shape index (κ1) is 15.7. The highest BCUT2D eigenvalue weighted by Crippen LogP contribution is 2.10. The van der Waals surface area contributed by atoms with E-state index in [-0.39, 0.29) is 5.57 Å². The van der Waals surface area contributed by atoms with Gasteiger partial charge in [-0.3, -0.25) is 4.79 Å². The van der Waals surface area contributed by atoms with Gasteiger partial charge in [0.2, 0.25) is 0 Å². The molecule has 1 rings (SSSR count). The smallest absolute Gasteiger partial charge is 0.263 e. The SMILES string of the molecule is CCc1ccc(N/C=C(/C#N)C(=O)NCCOC)cc1. The van der Waals surface area contributed by atoms with E-state index < -0.39 is 5.91 Å². The lowest BCUT2D eigenvalue weighted by Gasteiger charge is -2.05. The number of carbonyl (C=O) groups excluding carboxylic acids is 1. The lowest BCUT2D eigenvalue weighted by Crippen LogP contribution is -2.28. The fourth-order valence-electron chi connectivity index (χ4n) is 1.50. The molecule has 0 aromatic heterocycles. The maximum atomic E-state index is 11.7. The van der Waals surface area contributed by atoms with Crippen molar-refractivity contribution in [3.63, 3.8) is 0 Å². The van der Waals surface area contributed by atoms with Crippen LogP contribution in [0.3, 0.4) is 0 Å². The monoisotopic (exact) mass is 273 g/mol. The summed E-state index contributed by atoms with van der Waals surface area (Å²) >= 11 is 0. The summed E-state index contributed by atoms with van der Waals surface area (Å²) in [6.07, 6.45) is 2.38. The molecule has 5 nitrogen and oxygen atoms in total. The number of methoxy groups -OCH3 is 1. The van der Waals surface area contributed by atoms with Crippen molar-refractivity contribution in [2.75, 3.05) is 25.6 Å². The zero-order chi connectivity index (χ0) is 14.8. The molecule has 20 heavy (non-hydrogen) atoms. The van der Waals surface area contributed by atoms with E-state index in [0.29, 0.717) is 13.2 Å². The number of hydrogen-bond acceptors (Lipinski definition) is 4. The van der Waals surface area contributed by atoms with Gasteiger partial charge in [0.25, 0.3) is 5.91 Å². The standard InChI is InChI=1S/C15H19N3O2/c1-3-12-4-6-14(7-5-12)18-11-13(10-16)15(19)17-8-9-20-2/h4-7,11,18H,3,8-9H2,1-2H3,(H,17,19)/b13-11-. The van der Waals surface area contributed by atoms with Gasteiger partial charge in [-0.1, -0.05) is 19.1 Å². The predicted octanol–water partition coefficient (Wildman–Crippen LogP) is 1.83. The molecular formula is C15H19N3O2.